The molecule has 1 amide bonds. The molecule has 0 saturated carbocycles. The fraction of sp³-hybridized carbons (Fsp3) is 0.118. The van der Waals surface area contributed by atoms with E-state index < -0.39 is 23.5 Å². The zero-order valence-electron chi connectivity index (χ0n) is 13.5. The summed E-state index contributed by atoms with van der Waals surface area (Å²) in [4.78, 5) is 40.2. The van der Waals surface area contributed by atoms with Gasteiger partial charge in [0.1, 0.15) is 5.82 Å². The zero-order chi connectivity index (χ0) is 18.7. The molecule has 0 aliphatic rings. The first-order chi connectivity index (χ1) is 12.5. The number of fused-ring (bicyclic) bond motifs is 1. The number of rotatable bonds is 4. The van der Waals surface area contributed by atoms with Gasteiger partial charge in [0.2, 0.25) is 0 Å². The highest BCUT2D eigenvalue weighted by molar-refractivity contribution is 6.30. The van der Waals surface area contributed by atoms with Crippen LogP contribution in [0.2, 0.25) is 5.02 Å². The van der Waals surface area contributed by atoms with Crippen LogP contribution in [0.1, 0.15) is 17.4 Å². The number of ether oxygens (including phenoxy) is 1. The van der Waals surface area contributed by atoms with Crippen molar-refractivity contribution < 1.29 is 14.3 Å². The average Bonchev–Trinajstić information content (AvgIpc) is 2.64. The van der Waals surface area contributed by atoms with E-state index in [9.17, 15) is 14.4 Å². The second kappa shape index (κ2) is 7.32. The lowest BCUT2D eigenvalue weighted by Crippen LogP contribution is -2.31. The first kappa shape index (κ1) is 17.6. The second-order valence-corrected chi connectivity index (χ2v) is 5.78. The number of hydrogen-bond acceptors (Lipinski definition) is 6. The molecule has 0 saturated heterocycles. The van der Waals surface area contributed by atoms with Crippen molar-refractivity contribution in [2.75, 3.05) is 5.32 Å². The quantitative estimate of drug-likeness (QED) is 0.678. The molecule has 2 aromatic heterocycles. The molecule has 0 spiro atoms. The first-order valence-corrected chi connectivity index (χ1v) is 7.94. The number of carbonyl (C=O) groups excluding carboxylic acids is 2. The highest BCUT2D eigenvalue weighted by Crippen LogP contribution is 2.15. The minimum absolute atomic E-state index is 0.0792. The van der Waals surface area contributed by atoms with Crippen LogP contribution >= 0.6 is 11.6 Å². The summed E-state index contributed by atoms with van der Waals surface area (Å²) in [6, 6.07) is 9.57. The van der Waals surface area contributed by atoms with E-state index in [4.69, 9.17) is 16.3 Å². The number of hydrogen-bond donors (Lipinski definition) is 2. The van der Waals surface area contributed by atoms with Gasteiger partial charge in [-0.05, 0) is 25.1 Å². The van der Waals surface area contributed by atoms with Crippen LogP contribution < -0.4 is 10.9 Å². The molecular weight excluding hydrogens is 360 g/mol. The Kier molecular flexibility index (Phi) is 4.94. The van der Waals surface area contributed by atoms with E-state index in [0.29, 0.717) is 15.8 Å². The number of H-pyrrole nitrogens is 1. The number of anilines is 1. The van der Waals surface area contributed by atoms with Gasteiger partial charge in [0.05, 0.1) is 10.4 Å². The maximum atomic E-state index is 12.4. The SMILES string of the molecule is C[C@@H](OC(=O)c1n[nH]c(=O)c2ccccc12)C(=O)Nc1ccc(Cl)cn1. The topological polar surface area (TPSA) is 114 Å². The minimum atomic E-state index is -1.10. The average molecular weight is 373 g/mol. The van der Waals surface area contributed by atoms with Gasteiger partial charge < -0.3 is 10.1 Å². The fourth-order valence-electron chi connectivity index (χ4n) is 2.22. The van der Waals surface area contributed by atoms with Crippen LogP contribution in [-0.4, -0.2) is 33.2 Å². The molecule has 8 nitrogen and oxygen atoms in total. The Bertz CT molecular complexity index is 1030. The maximum absolute atomic E-state index is 12.4. The minimum Gasteiger partial charge on any atom is -0.448 e. The molecule has 2 N–H and O–H groups in total. The molecule has 0 aliphatic heterocycles. The standard InChI is InChI=1S/C17H13ClN4O4/c1-9(15(23)20-13-7-6-10(18)8-19-13)26-17(25)14-11-4-2-3-5-12(11)16(24)22-21-14/h2-9H,1H3,(H,22,24)(H,19,20,23)/t9-/m1/s1. The van der Waals surface area contributed by atoms with Crippen molar-refractivity contribution in [3.63, 3.8) is 0 Å². The highest BCUT2D eigenvalue weighted by Gasteiger charge is 2.22. The monoisotopic (exact) mass is 372 g/mol. The smallest absolute Gasteiger partial charge is 0.360 e. The molecule has 0 aliphatic carbocycles. The predicted molar refractivity (Wildman–Crippen MR) is 95.1 cm³/mol. The van der Waals surface area contributed by atoms with E-state index in [1.54, 1.807) is 30.3 Å². The van der Waals surface area contributed by atoms with Gasteiger partial charge in [-0.25, -0.2) is 14.9 Å². The number of aromatic nitrogens is 3. The van der Waals surface area contributed by atoms with Crippen molar-refractivity contribution in [2.45, 2.75) is 13.0 Å². The highest BCUT2D eigenvalue weighted by atomic mass is 35.5. The summed E-state index contributed by atoms with van der Waals surface area (Å²) in [6.45, 7) is 1.41. The van der Waals surface area contributed by atoms with Gasteiger partial charge in [-0.2, -0.15) is 5.10 Å². The van der Waals surface area contributed by atoms with E-state index in [-0.39, 0.29) is 11.5 Å². The number of benzene rings is 1. The molecule has 2 heterocycles. The fourth-order valence-corrected chi connectivity index (χ4v) is 2.33. The van der Waals surface area contributed by atoms with E-state index in [1.165, 1.54) is 19.2 Å². The van der Waals surface area contributed by atoms with Gasteiger partial charge >= 0.3 is 5.97 Å². The number of nitrogens with one attached hydrogen (secondary N) is 2. The number of nitrogens with zero attached hydrogens (tertiary/aromatic N) is 2. The molecule has 9 heteroatoms. The van der Waals surface area contributed by atoms with Gasteiger partial charge in [0.25, 0.3) is 11.5 Å². The molecule has 26 heavy (non-hydrogen) atoms. The van der Waals surface area contributed by atoms with Crippen LogP contribution in [0.4, 0.5) is 5.82 Å². The number of carbonyl (C=O) groups is 2. The van der Waals surface area contributed by atoms with Gasteiger partial charge in [-0.1, -0.05) is 29.8 Å². The number of aromatic amines is 1. The molecule has 0 bridgehead atoms. The molecule has 132 valence electrons. The molecular formula is C17H13ClN4O4. The Hall–Kier alpha value is -3.26. The van der Waals surface area contributed by atoms with Gasteiger partial charge in [0.15, 0.2) is 11.8 Å². The van der Waals surface area contributed by atoms with Crippen LogP contribution in [0.3, 0.4) is 0 Å². The summed E-state index contributed by atoms with van der Waals surface area (Å²) in [6.07, 6.45) is 0.275. The van der Waals surface area contributed by atoms with Crippen LogP contribution in [-0.2, 0) is 9.53 Å². The van der Waals surface area contributed by atoms with Crippen LogP contribution in [0.5, 0.6) is 0 Å². The number of esters is 1. The Labute approximate surface area is 152 Å². The second-order valence-electron chi connectivity index (χ2n) is 5.35. The molecule has 3 rings (SSSR count). The summed E-state index contributed by atoms with van der Waals surface area (Å²) < 4.78 is 5.15. The summed E-state index contributed by atoms with van der Waals surface area (Å²) in [7, 11) is 0. The van der Waals surface area contributed by atoms with Crippen molar-refractivity contribution in [3.05, 3.63) is 63.7 Å². The third-order valence-corrected chi connectivity index (χ3v) is 3.74. The lowest BCUT2D eigenvalue weighted by molar-refractivity contribution is -0.123. The van der Waals surface area contributed by atoms with Crippen molar-refractivity contribution >= 4 is 40.1 Å². The van der Waals surface area contributed by atoms with E-state index in [2.05, 4.69) is 20.5 Å². The zero-order valence-corrected chi connectivity index (χ0v) is 14.3. The normalized spacial score (nSPS) is 11.8. The summed E-state index contributed by atoms with van der Waals surface area (Å²) >= 11 is 5.73. The van der Waals surface area contributed by atoms with Crippen LogP contribution in [0.15, 0.2) is 47.4 Å². The van der Waals surface area contributed by atoms with Crippen molar-refractivity contribution in [1.29, 1.82) is 0 Å². The van der Waals surface area contributed by atoms with E-state index in [0.717, 1.165) is 0 Å². The number of amides is 1. The van der Waals surface area contributed by atoms with Crippen molar-refractivity contribution in [2.24, 2.45) is 0 Å². The van der Waals surface area contributed by atoms with Crippen LogP contribution in [0.25, 0.3) is 10.8 Å². The van der Waals surface area contributed by atoms with Gasteiger partial charge in [-0.15, -0.1) is 0 Å². The van der Waals surface area contributed by atoms with Crippen molar-refractivity contribution in [1.82, 2.24) is 15.2 Å². The van der Waals surface area contributed by atoms with E-state index in [1.807, 2.05) is 0 Å². The number of halogens is 1. The molecule has 1 aromatic carbocycles. The number of pyridine rings is 1. The predicted octanol–water partition coefficient (Wildman–Crippen LogP) is 2.16. The Morgan fingerprint density at radius 1 is 1.19 bits per heavy atom. The Morgan fingerprint density at radius 2 is 1.92 bits per heavy atom. The molecule has 1 atom stereocenters. The summed E-state index contributed by atoms with van der Waals surface area (Å²) in [5.41, 5.74) is -0.499. The third-order valence-electron chi connectivity index (χ3n) is 3.52. The first-order valence-electron chi connectivity index (χ1n) is 7.56. The van der Waals surface area contributed by atoms with Gasteiger partial charge in [0, 0.05) is 11.6 Å². The Balaban J connectivity index is 1.75. The Morgan fingerprint density at radius 3 is 2.62 bits per heavy atom. The molecule has 0 unspecified atom stereocenters. The molecule has 3 aromatic rings. The van der Waals surface area contributed by atoms with E-state index >= 15 is 0 Å². The lowest BCUT2D eigenvalue weighted by atomic mass is 10.1. The third kappa shape index (κ3) is 3.70. The van der Waals surface area contributed by atoms with Crippen LogP contribution in [0, 0.1) is 0 Å². The van der Waals surface area contributed by atoms with Gasteiger partial charge in [-0.3, -0.25) is 9.59 Å². The lowest BCUT2D eigenvalue weighted by Gasteiger charge is -2.13. The van der Waals surface area contributed by atoms with Crippen molar-refractivity contribution in [3.8, 4) is 0 Å². The maximum Gasteiger partial charge on any atom is 0.360 e. The largest absolute Gasteiger partial charge is 0.448 e. The molecule has 0 radical (unpaired) electrons. The summed E-state index contributed by atoms with van der Waals surface area (Å²) in [5, 5.41) is 9.56. The molecule has 0 fully saturated rings. The summed E-state index contributed by atoms with van der Waals surface area (Å²) in [5.74, 6) is -1.12.